The second kappa shape index (κ2) is 8.50. The van der Waals surface area contributed by atoms with Crippen LogP contribution < -0.4 is 9.47 Å². The van der Waals surface area contributed by atoms with Crippen molar-refractivity contribution < 1.29 is 17.9 Å². The molecule has 1 atom stereocenters. The lowest BCUT2D eigenvalue weighted by atomic mass is 10.0. The van der Waals surface area contributed by atoms with Crippen LogP contribution in [0.15, 0.2) is 47.4 Å². The van der Waals surface area contributed by atoms with Crippen molar-refractivity contribution in [1.82, 2.24) is 4.31 Å². The summed E-state index contributed by atoms with van der Waals surface area (Å²) in [6, 6.07) is 12.0. The topological polar surface area (TPSA) is 55.8 Å². The molecular weight excluding hydrogens is 386 g/mol. The van der Waals surface area contributed by atoms with Crippen LogP contribution in [0, 0.1) is 0 Å². The van der Waals surface area contributed by atoms with Crippen LogP contribution in [0.3, 0.4) is 0 Å². The minimum absolute atomic E-state index is 0.130. The molecule has 1 saturated heterocycles. The molecule has 5 nitrogen and oxygen atoms in total. The fourth-order valence-corrected chi connectivity index (χ4v) is 5.48. The molecule has 2 aromatic carbocycles. The van der Waals surface area contributed by atoms with E-state index in [0.29, 0.717) is 23.1 Å². The summed E-state index contributed by atoms with van der Waals surface area (Å²) in [6.45, 7) is 0.468. The molecule has 0 bridgehead atoms. The van der Waals surface area contributed by atoms with Crippen molar-refractivity contribution in [3.63, 3.8) is 0 Å². The number of ether oxygens (including phenoxy) is 2. The minimum atomic E-state index is -3.77. The van der Waals surface area contributed by atoms with Gasteiger partial charge in [-0.15, -0.1) is 0 Å². The van der Waals surface area contributed by atoms with Gasteiger partial charge in [0, 0.05) is 17.6 Å². The van der Waals surface area contributed by atoms with Crippen LogP contribution in [0.5, 0.6) is 11.5 Å². The zero-order valence-electron chi connectivity index (χ0n) is 15.5. The molecule has 1 unspecified atom stereocenters. The normalized spacial score (nSPS) is 18.7. The fourth-order valence-electron chi connectivity index (χ4n) is 3.50. The average Bonchev–Trinajstić information content (AvgIpc) is 2.94. The van der Waals surface area contributed by atoms with Crippen molar-refractivity contribution in [3.05, 3.63) is 53.1 Å². The van der Waals surface area contributed by atoms with Crippen LogP contribution in [-0.2, 0) is 10.0 Å². The molecule has 0 aromatic heterocycles. The molecule has 0 amide bonds. The van der Waals surface area contributed by atoms with Gasteiger partial charge in [-0.25, -0.2) is 8.42 Å². The molecule has 27 heavy (non-hydrogen) atoms. The van der Waals surface area contributed by atoms with Gasteiger partial charge in [-0.1, -0.05) is 36.6 Å². The maximum atomic E-state index is 13.6. The highest BCUT2D eigenvalue weighted by atomic mass is 35.5. The molecule has 1 fully saturated rings. The zero-order chi connectivity index (χ0) is 19.4. The summed E-state index contributed by atoms with van der Waals surface area (Å²) < 4.78 is 39.4. The SMILES string of the molecule is COc1ccc(OC)c(S(=O)(=O)N2CCCCCC2c2ccc(Cl)cc2)c1. The first-order valence-corrected chi connectivity index (χ1v) is 10.8. The van der Waals surface area contributed by atoms with Crippen molar-refractivity contribution in [3.8, 4) is 11.5 Å². The van der Waals surface area contributed by atoms with E-state index in [9.17, 15) is 8.42 Å². The molecular formula is C20H24ClNO4S. The fraction of sp³-hybridized carbons (Fsp3) is 0.400. The van der Waals surface area contributed by atoms with Crippen molar-refractivity contribution in [2.75, 3.05) is 20.8 Å². The van der Waals surface area contributed by atoms with E-state index < -0.39 is 10.0 Å². The van der Waals surface area contributed by atoms with Gasteiger partial charge in [0.15, 0.2) is 0 Å². The molecule has 146 valence electrons. The number of hydrogen-bond donors (Lipinski definition) is 0. The molecule has 0 aliphatic carbocycles. The lowest BCUT2D eigenvalue weighted by Crippen LogP contribution is -2.35. The van der Waals surface area contributed by atoms with Gasteiger partial charge in [-0.3, -0.25) is 0 Å². The van der Waals surface area contributed by atoms with Crippen LogP contribution in [0.25, 0.3) is 0 Å². The predicted octanol–water partition coefficient (Wildman–Crippen LogP) is 4.66. The van der Waals surface area contributed by atoms with Crippen molar-refractivity contribution >= 4 is 21.6 Å². The summed E-state index contributed by atoms with van der Waals surface area (Å²) in [5.74, 6) is 0.794. The summed E-state index contributed by atoms with van der Waals surface area (Å²) in [7, 11) is -0.786. The van der Waals surface area contributed by atoms with E-state index in [1.165, 1.54) is 20.3 Å². The summed E-state index contributed by atoms with van der Waals surface area (Å²) in [5.41, 5.74) is 0.951. The standard InChI is InChI=1S/C20H24ClNO4S/c1-25-17-11-12-19(26-2)20(14-17)27(23,24)22-13-5-3-4-6-18(22)15-7-9-16(21)10-8-15/h7-12,14,18H,3-6,13H2,1-2H3. The largest absolute Gasteiger partial charge is 0.497 e. The first-order chi connectivity index (χ1) is 13.0. The van der Waals surface area contributed by atoms with E-state index in [2.05, 4.69) is 0 Å². The Kier molecular flexibility index (Phi) is 6.29. The first-order valence-electron chi connectivity index (χ1n) is 8.96. The molecule has 0 saturated carbocycles. The van der Waals surface area contributed by atoms with E-state index in [1.807, 2.05) is 12.1 Å². The van der Waals surface area contributed by atoms with E-state index >= 15 is 0 Å². The summed E-state index contributed by atoms with van der Waals surface area (Å²) >= 11 is 6.02. The van der Waals surface area contributed by atoms with Crippen molar-refractivity contribution in [2.45, 2.75) is 36.6 Å². The van der Waals surface area contributed by atoms with Gasteiger partial charge in [-0.05, 0) is 42.7 Å². The molecule has 2 aromatic rings. The Hall–Kier alpha value is -1.76. The van der Waals surface area contributed by atoms with E-state index in [4.69, 9.17) is 21.1 Å². The highest BCUT2D eigenvalue weighted by Crippen LogP contribution is 2.38. The van der Waals surface area contributed by atoms with E-state index in [0.717, 1.165) is 31.2 Å². The third kappa shape index (κ3) is 4.23. The average molecular weight is 410 g/mol. The van der Waals surface area contributed by atoms with Crippen molar-refractivity contribution in [1.29, 1.82) is 0 Å². The van der Waals surface area contributed by atoms with Crippen LogP contribution in [0.4, 0.5) is 0 Å². The maximum absolute atomic E-state index is 13.6. The molecule has 0 radical (unpaired) electrons. The molecule has 3 rings (SSSR count). The molecule has 1 aliphatic heterocycles. The van der Waals surface area contributed by atoms with Gasteiger partial charge in [0.05, 0.1) is 20.3 Å². The van der Waals surface area contributed by atoms with Gasteiger partial charge in [0.1, 0.15) is 16.4 Å². The first kappa shape index (κ1) is 20.0. The number of methoxy groups -OCH3 is 2. The van der Waals surface area contributed by atoms with Gasteiger partial charge in [0.25, 0.3) is 0 Å². The number of benzene rings is 2. The van der Waals surface area contributed by atoms with Crippen LogP contribution >= 0.6 is 11.6 Å². The number of sulfonamides is 1. The van der Waals surface area contributed by atoms with Crippen LogP contribution in [-0.4, -0.2) is 33.5 Å². The maximum Gasteiger partial charge on any atom is 0.247 e. The van der Waals surface area contributed by atoms with Crippen LogP contribution in [0.2, 0.25) is 5.02 Å². The Balaban J connectivity index is 2.08. The lowest BCUT2D eigenvalue weighted by Gasteiger charge is -2.30. The third-order valence-corrected chi connectivity index (χ3v) is 7.10. The number of nitrogens with zero attached hydrogens (tertiary/aromatic N) is 1. The monoisotopic (exact) mass is 409 g/mol. The van der Waals surface area contributed by atoms with Gasteiger partial charge < -0.3 is 9.47 Å². The van der Waals surface area contributed by atoms with Crippen molar-refractivity contribution in [2.24, 2.45) is 0 Å². The number of hydrogen-bond acceptors (Lipinski definition) is 4. The molecule has 1 heterocycles. The predicted molar refractivity (Wildman–Crippen MR) is 106 cm³/mol. The second-order valence-corrected chi connectivity index (χ2v) is 8.84. The van der Waals surface area contributed by atoms with E-state index in [-0.39, 0.29) is 10.9 Å². The van der Waals surface area contributed by atoms with Crippen LogP contribution in [0.1, 0.15) is 37.3 Å². The van der Waals surface area contributed by atoms with E-state index in [1.54, 1.807) is 28.6 Å². The lowest BCUT2D eigenvalue weighted by molar-refractivity contribution is 0.325. The molecule has 0 N–H and O–H groups in total. The Morgan fingerprint density at radius 1 is 1.00 bits per heavy atom. The minimum Gasteiger partial charge on any atom is -0.497 e. The summed E-state index contributed by atoms with van der Waals surface area (Å²) in [4.78, 5) is 0.130. The Labute approximate surface area is 165 Å². The summed E-state index contributed by atoms with van der Waals surface area (Å²) in [5, 5.41) is 0.635. The summed E-state index contributed by atoms with van der Waals surface area (Å²) in [6.07, 6.45) is 3.59. The van der Waals surface area contributed by atoms with Gasteiger partial charge >= 0.3 is 0 Å². The number of halogens is 1. The molecule has 1 aliphatic rings. The molecule has 0 spiro atoms. The molecule has 7 heteroatoms. The Morgan fingerprint density at radius 2 is 1.74 bits per heavy atom. The quantitative estimate of drug-likeness (QED) is 0.720. The Morgan fingerprint density at radius 3 is 2.41 bits per heavy atom. The highest BCUT2D eigenvalue weighted by molar-refractivity contribution is 7.89. The second-order valence-electron chi connectivity index (χ2n) is 6.55. The smallest absolute Gasteiger partial charge is 0.247 e. The van der Waals surface area contributed by atoms with Gasteiger partial charge in [-0.2, -0.15) is 4.31 Å². The number of rotatable bonds is 5. The third-order valence-electron chi connectivity index (χ3n) is 4.92. The zero-order valence-corrected chi connectivity index (χ0v) is 17.1. The highest BCUT2D eigenvalue weighted by Gasteiger charge is 2.35. The Bertz CT molecular complexity index is 883. The van der Waals surface area contributed by atoms with Gasteiger partial charge in [0.2, 0.25) is 10.0 Å².